The van der Waals surface area contributed by atoms with Gasteiger partial charge in [0.2, 0.25) is 0 Å². The number of hydrogen-bond acceptors (Lipinski definition) is 2. The summed E-state index contributed by atoms with van der Waals surface area (Å²) < 4.78 is 0. The van der Waals surface area contributed by atoms with E-state index in [0.29, 0.717) is 0 Å². The van der Waals surface area contributed by atoms with E-state index in [4.69, 9.17) is 0 Å². The first-order valence-electron chi connectivity index (χ1n) is 8.23. The number of nitrogens with zero attached hydrogens (tertiary/aromatic N) is 1. The standard InChI is InChI=1S/C18H28N2/c1-14-4-3-5-17(15(14)2)13-20-10-8-18(9-11-20)19-12-16-6-7-16/h3-5,16,18-19H,6-13H2,1-2H3. The monoisotopic (exact) mass is 272 g/mol. The average molecular weight is 272 g/mol. The van der Waals surface area contributed by atoms with Gasteiger partial charge in [0.15, 0.2) is 0 Å². The predicted molar refractivity (Wildman–Crippen MR) is 84.9 cm³/mol. The molecule has 2 heteroatoms. The van der Waals surface area contributed by atoms with Gasteiger partial charge in [0.25, 0.3) is 0 Å². The molecule has 0 atom stereocenters. The third kappa shape index (κ3) is 3.62. The molecule has 1 aromatic carbocycles. The number of aryl methyl sites for hydroxylation is 1. The van der Waals surface area contributed by atoms with Crippen molar-refractivity contribution in [2.75, 3.05) is 19.6 Å². The lowest BCUT2D eigenvalue weighted by atomic mass is 10.0. The quantitative estimate of drug-likeness (QED) is 0.885. The first-order chi connectivity index (χ1) is 9.72. The fourth-order valence-electron chi connectivity index (χ4n) is 3.17. The molecule has 1 aliphatic heterocycles. The van der Waals surface area contributed by atoms with Crippen LogP contribution in [0.5, 0.6) is 0 Å². The Balaban J connectivity index is 1.46. The van der Waals surface area contributed by atoms with Gasteiger partial charge < -0.3 is 5.32 Å². The number of piperidine rings is 1. The highest BCUT2D eigenvalue weighted by Gasteiger charge is 2.24. The zero-order valence-corrected chi connectivity index (χ0v) is 13.0. The van der Waals surface area contributed by atoms with Gasteiger partial charge in [-0.05, 0) is 81.8 Å². The second-order valence-electron chi connectivity index (χ2n) is 6.76. The molecule has 1 heterocycles. The van der Waals surface area contributed by atoms with Gasteiger partial charge in [0, 0.05) is 12.6 Å². The van der Waals surface area contributed by atoms with Crippen molar-refractivity contribution in [3.63, 3.8) is 0 Å². The van der Waals surface area contributed by atoms with E-state index in [0.717, 1.165) is 18.5 Å². The van der Waals surface area contributed by atoms with Crippen LogP contribution in [-0.4, -0.2) is 30.6 Å². The summed E-state index contributed by atoms with van der Waals surface area (Å²) in [6.45, 7) is 9.36. The van der Waals surface area contributed by atoms with Crippen LogP contribution in [0.1, 0.15) is 42.4 Å². The van der Waals surface area contributed by atoms with Crippen LogP contribution in [0, 0.1) is 19.8 Å². The molecule has 2 nitrogen and oxygen atoms in total. The maximum absolute atomic E-state index is 3.76. The lowest BCUT2D eigenvalue weighted by Crippen LogP contribution is -2.42. The van der Waals surface area contributed by atoms with Crippen LogP contribution in [0.3, 0.4) is 0 Å². The topological polar surface area (TPSA) is 15.3 Å². The van der Waals surface area contributed by atoms with E-state index in [-0.39, 0.29) is 0 Å². The molecule has 1 saturated heterocycles. The Hall–Kier alpha value is -0.860. The number of likely N-dealkylation sites (tertiary alicyclic amines) is 1. The molecular formula is C18H28N2. The maximum Gasteiger partial charge on any atom is 0.0236 e. The lowest BCUT2D eigenvalue weighted by molar-refractivity contribution is 0.190. The zero-order valence-electron chi connectivity index (χ0n) is 13.0. The van der Waals surface area contributed by atoms with Gasteiger partial charge in [-0.15, -0.1) is 0 Å². The molecule has 1 aromatic rings. The molecule has 0 radical (unpaired) electrons. The Morgan fingerprint density at radius 2 is 1.85 bits per heavy atom. The molecule has 0 amide bonds. The van der Waals surface area contributed by atoms with Crippen molar-refractivity contribution in [1.82, 2.24) is 10.2 Å². The summed E-state index contributed by atoms with van der Waals surface area (Å²) >= 11 is 0. The molecule has 110 valence electrons. The third-order valence-electron chi connectivity index (χ3n) is 5.09. The fourth-order valence-corrected chi connectivity index (χ4v) is 3.17. The second kappa shape index (κ2) is 6.28. The van der Waals surface area contributed by atoms with Crippen LogP contribution in [0.25, 0.3) is 0 Å². The minimum absolute atomic E-state index is 0.769. The number of benzene rings is 1. The normalized spacial score (nSPS) is 21.3. The Morgan fingerprint density at radius 3 is 2.55 bits per heavy atom. The molecule has 0 spiro atoms. The molecule has 2 fully saturated rings. The van der Waals surface area contributed by atoms with Crippen molar-refractivity contribution in [3.8, 4) is 0 Å². The van der Waals surface area contributed by atoms with E-state index in [1.807, 2.05) is 0 Å². The maximum atomic E-state index is 3.76. The van der Waals surface area contributed by atoms with E-state index in [9.17, 15) is 0 Å². The van der Waals surface area contributed by atoms with Crippen molar-refractivity contribution in [1.29, 1.82) is 0 Å². The molecule has 1 aliphatic carbocycles. The van der Waals surface area contributed by atoms with Gasteiger partial charge in [-0.3, -0.25) is 4.90 Å². The molecule has 3 rings (SSSR count). The van der Waals surface area contributed by atoms with Crippen LogP contribution in [0.4, 0.5) is 0 Å². The van der Waals surface area contributed by atoms with Crippen LogP contribution < -0.4 is 5.32 Å². The van der Waals surface area contributed by atoms with Gasteiger partial charge in [0.05, 0.1) is 0 Å². The zero-order chi connectivity index (χ0) is 13.9. The van der Waals surface area contributed by atoms with Crippen molar-refractivity contribution >= 4 is 0 Å². The summed E-state index contributed by atoms with van der Waals surface area (Å²) in [5.74, 6) is 1.00. The summed E-state index contributed by atoms with van der Waals surface area (Å²) in [5, 5.41) is 3.76. The van der Waals surface area contributed by atoms with Crippen molar-refractivity contribution in [2.45, 2.75) is 52.1 Å². The molecule has 0 unspecified atom stereocenters. The number of rotatable bonds is 5. The van der Waals surface area contributed by atoms with Crippen molar-refractivity contribution in [2.24, 2.45) is 5.92 Å². The van der Waals surface area contributed by atoms with Crippen LogP contribution in [0.15, 0.2) is 18.2 Å². The Kier molecular flexibility index (Phi) is 4.42. The summed E-state index contributed by atoms with van der Waals surface area (Å²) in [6.07, 6.45) is 5.55. The number of nitrogens with one attached hydrogen (secondary N) is 1. The van der Waals surface area contributed by atoms with Gasteiger partial charge in [-0.1, -0.05) is 18.2 Å². The Labute approximate surface area is 123 Å². The highest BCUT2D eigenvalue weighted by atomic mass is 15.1. The summed E-state index contributed by atoms with van der Waals surface area (Å²) in [6, 6.07) is 7.47. The van der Waals surface area contributed by atoms with Gasteiger partial charge in [-0.2, -0.15) is 0 Å². The summed E-state index contributed by atoms with van der Waals surface area (Å²) in [4.78, 5) is 2.62. The van der Waals surface area contributed by atoms with E-state index >= 15 is 0 Å². The van der Waals surface area contributed by atoms with Gasteiger partial charge >= 0.3 is 0 Å². The average Bonchev–Trinajstić information content (AvgIpc) is 3.27. The predicted octanol–water partition coefficient (Wildman–Crippen LogP) is 3.27. The lowest BCUT2D eigenvalue weighted by Gasteiger charge is -2.33. The molecule has 0 bridgehead atoms. The molecule has 20 heavy (non-hydrogen) atoms. The van der Waals surface area contributed by atoms with E-state index in [1.54, 1.807) is 0 Å². The Morgan fingerprint density at radius 1 is 1.10 bits per heavy atom. The summed E-state index contributed by atoms with van der Waals surface area (Å²) in [7, 11) is 0. The molecule has 1 saturated carbocycles. The highest BCUT2D eigenvalue weighted by Crippen LogP contribution is 2.28. The molecular weight excluding hydrogens is 244 g/mol. The molecule has 1 N–H and O–H groups in total. The molecule has 0 aromatic heterocycles. The highest BCUT2D eigenvalue weighted by molar-refractivity contribution is 5.33. The van der Waals surface area contributed by atoms with E-state index in [2.05, 4.69) is 42.3 Å². The number of hydrogen-bond donors (Lipinski definition) is 1. The van der Waals surface area contributed by atoms with Gasteiger partial charge in [0.1, 0.15) is 0 Å². The van der Waals surface area contributed by atoms with Crippen molar-refractivity contribution in [3.05, 3.63) is 34.9 Å². The second-order valence-corrected chi connectivity index (χ2v) is 6.76. The van der Waals surface area contributed by atoms with Crippen LogP contribution in [0.2, 0.25) is 0 Å². The molecule has 2 aliphatic rings. The van der Waals surface area contributed by atoms with Crippen LogP contribution in [-0.2, 0) is 6.54 Å². The van der Waals surface area contributed by atoms with Crippen LogP contribution >= 0.6 is 0 Å². The SMILES string of the molecule is Cc1cccc(CN2CCC(NCC3CC3)CC2)c1C. The van der Waals surface area contributed by atoms with E-state index < -0.39 is 0 Å². The minimum atomic E-state index is 0.769. The summed E-state index contributed by atoms with van der Waals surface area (Å²) in [5.41, 5.74) is 4.40. The first-order valence-corrected chi connectivity index (χ1v) is 8.23. The first kappa shape index (κ1) is 14.1. The van der Waals surface area contributed by atoms with E-state index in [1.165, 1.54) is 62.0 Å². The smallest absolute Gasteiger partial charge is 0.0236 e. The fraction of sp³-hybridized carbons (Fsp3) is 0.667. The minimum Gasteiger partial charge on any atom is -0.314 e. The third-order valence-corrected chi connectivity index (χ3v) is 5.09. The Bertz CT molecular complexity index is 443. The van der Waals surface area contributed by atoms with Gasteiger partial charge in [-0.25, -0.2) is 0 Å². The largest absolute Gasteiger partial charge is 0.314 e. The van der Waals surface area contributed by atoms with Crippen molar-refractivity contribution < 1.29 is 0 Å².